The molecule has 0 aromatic heterocycles. The Morgan fingerprint density at radius 3 is 2.68 bits per heavy atom. The van der Waals surface area contributed by atoms with Crippen molar-refractivity contribution in [2.24, 2.45) is 0 Å². The van der Waals surface area contributed by atoms with E-state index < -0.39 is 6.10 Å². The van der Waals surface area contributed by atoms with Crippen molar-refractivity contribution in [3.8, 4) is 0 Å². The molecule has 0 spiro atoms. The van der Waals surface area contributed by atoms with Crippen LogP contribution in [0.1, 0.15) is 54.9 Å². The Kier molecular flexibility index (Phi) is 5.90. The molecule has 22 heavy (non-hydrogen) atoms. The lowest BCUT2D eigenvalue weighted by Gasteiger charge is -2.06. The predicted octanol–water partition coefficient (Wildman–Crippen LogP) is 3.50. The van der Waals surface area contributed by atoms with E-state index in [-0.39, 0.29) is 11.6 Å². The molecule has 0 bridgehead atoms. The summed E-state index contributed by atoms with van der Waals surface area (Å²) in [6.45, 7) is 4.03. The van der Waals surface area contributed by atoms with Crippen molar-refractivity contribution in [3.05, 3.63) is 47.2 Å². The monoisotopic (exact) mass is 301 g/mol. The average Bonchev–Trinajstić information content (AvgIpc) is 3.01. The molecule has 2 rings (SSSR count). The van der Waals surface area contributed by atoms with Crippen molar-refractivity contribution in [2.45, 2.75) is 52.1 Å². The van der Waals surface area contributed by atoms with Crippen LogP contribution in [0.2, 0.25) is 0 Å². The molecule has 1 N–H and O–H groups in total. The van der Waals surface area contributed by atoms with Crippen molar-refractivity contribution < 1.29 is 14.4 Å². The fraction of sp³-hybridized carbons (Fsp3) is 0.444. The molecule has 1 aliphatic heterocycles. The number of benzene rings is 1. The summed E-state index contributed by atoms with van der Waals surface area (Å²) in [4.78, 5) is 29.7. The van der Waals surface area contributed by atoms with Crippen molar-refractivity contribution in [1.29, 1.82) is 0 Å². The van der Waals surface area contributed by atoms with Gasteiger partial charge in [0.1, 0.15) is 5.70 Å². The van der Waals surface area contributed by atoms with E-state index in [0.717, 1.165) is 31.2 Å². The van der Waals surface area contributed by atoms with Crippen LogP contribution >= 0.6 is 0 Å². The first-order valence-electron chi connectivity index (χ1n) is 7.90. The topological polar surface area (TPSA) is 55.4 Å². The van der Waals surface area contributed by atoms with Gasteiger partial charge in [-0.15, -0.1) is 0 Å². The second-order valence-electron chi connectivity index (χ2n) is 5.64. The van der Waals surface area contributed by atoms with Gasteiger partial charge in [-0.05, 0) is 25.0 Å². The summed E-state index contributed by atoms with van der Waals surface area (Å²) in [5.74, 6) is -0.115. The maximum atomic E-state index is 12.4. The number of ketones is 2. The Morgan fingerprint density at radius 2 is 1.95 bits per heavy atom. The summed E-state index contributed by atoms with van der Waals surface area (Å²) in [6.07, 6.45) is 5.66. The fourth-order valence-corrected chi connectivity index (χ4v) is 2.47. The third-order valence-electron chi connectivity index (χ3n) is 3.84. The number of aryl methyl sites for hydroxylation is 1. The number of rotatable bonds is 8. The van der Waals surface area contributed by atoms with Gasteiger partial charge in [-0.3, -0.25) is 19.9 Å². The van der Waals surface area contributed by atoms with E-state index in [4.69, 9.17) is 4.84 Å². The molecule has 1 atom stereocenters. The summed E-state index contributed by atoms with van der Waals surface area (Å²) < 4.78 is 0. The van der Waals surface area contributed by atoms with Gasteiger partial charge in [0.2, 0.25) is 5.78 Å². The zero-order valence-corrected chi connectivity index (χ0v) is 13.2. The van der Waals surface area contributed by atoms with Crippen LogP contribution in [0.5, 0.6) is 0 Å². The maximum absolute atomic E-state index is 12.4. The normalized spacial score (nSPS) is 17.0. The van der Waals surface area contributed by atoms with Crippen LogP contribution in [-0.4, -0.2) is 17.7 Å². The zero-order valence-electron chi connectivity index (χ0n) is 13.2. The highest BCUT2D eigenvalue weighted by molar-refractivity contribution is 6.09. The molecule has 1 aliphatic rings. The largest absolute Gasteiger partial charge is 0.296 e. The molecule has 0 aliphatic carbocycles. The van der Waals surface area contributed by atoms with Gasteiger partial charge in [-0.2, -0.15) is 0 Å². The molecule has 0 amide bonds. The smallest absolute Gasteiger partial charge is 0.211 e. The molecular weight excluding hydrogens is 278 g/mol. The Bertz CT molecular complexity index is 577. The number of nitrogens with one attached hydrogen (secondary N) is 1. The lowest BCUT2D eigenvalue weighted by molar-refractivity contribution is -0.129. The first-order valence-corrected chi connectivity index (χ1v) is 7.90. The summed E-state index contributed by atoms with van der Waals surface area (Å²) in [5.41, 5.74) is 4.49. The molecule has 118 valence electrons. The van der Waals surface area contributed by atoms with E-state index in [2.05, 4.69) is 12.4 Å². The van der Waals surface area contributed by atoms with Gasteiger partial charge in [0.15, 0.2) is 11.9 Å². The van der Waals surface area contributed by atoms with Gasteiger partial charge < -0.3 is 0 Å². The molecule has 0 radical (unpaired) electrons. The fourth-order valence-electron chi connectivity index (χ4n) is 2.47. The lowest BCUT2D eigenvalue weighted by atomic mass is 10.0. The highest BCUT2D eigenvalue weighted by Crippen LogP contribution is 2.18. The number of hydrogen-bond donors (Lipinski definition) is 1. The Hall–Kier alpha value is -1.94. The van der Waals surface area contributed by atoms with E-state index in [1.54, 1.807) is 12.1 Å². The van der Waals surface area contributed by atoms with Crippen molar-refractivity contribution >= 4 is 11.6 Å². The zero-order chi connectivity index (χ0) is 15.9. The maximum Gasteiger partial charge on any atom is 0.211 e. The van der Waals surface area contributed by atoms with Crippen LogP contribution in [0.3, 0.4) is 0 Å². The second-order valence-corrected chi connectivity index (χ2v) is 5.64. The average molecular weight is 301 g/mol. The quantitative estimate of drug-likeness (QED) is 0.590. The molecule has 4 heteroatoms. The van der Waals surface area contributed by atoms with E-state index in [1.165, 1.54) is 0 Å². The summed E-state index contributed by atoms with van der Waals surface area (Å²) in [6, 6.07) is 7.38. The minimum Gasteiger partial charge on any atom is -0.296 e. The van der Waals surface area contributed by atoms with Gasteiger partial charge >= 0.3 is 0 Å². The third-order valence-corrected chi connectivity index (χ3v) is 3.84. The molecule has 1 aromatic rings. The number of unbranched alkanes of at least 4 members (excludes halogenated alkanes) is 3. The molecule has 0 saturated heterocycles. The predicted molar refractivity (Wildman–Crippen MR) is 85.4 cm³/mol. The van der Waals surface area contributed by atoms with Crippen LogP contribution in [0.25, 0.3) is 0 Å². The number of Topliss-reactive ketones (excluding diaryl/α,β-unsaturated/α-hetero) is 2. The van der Waals surface area contributed by atoms with Crippen LogP contribution in [-0.2, 0) is 9.63 Å². The molecule has 4 nitrogen and oxygen atoms in total. The van der Waals surface area contributed by atoms with Crippen molar-refractivity contribution in [2.75, 3.05) is 0 Å². The van der Waals surface area contributed by atoms with Crippen molar-refractivity contribution in [3.63, 3.8) is 0 Å². The molecule has 0 saturated carbocycles. The van der Waals surface area contributed by atoms with Crippen molar-refractivity contribution in [1.82, 2.24) is 5.48 Å². The molecule has 1 unspecified atom stereocenters. The first kappa shape index (κ1) is 16.4. The molecule has 0 fully saturated rings. The lowest BCUT2D eigenvalue weighted by Crippen LogP contribution is -2.22. The minimum absolute atomic E-state index is 0.0242. The second kappa shape index (κ2) is 7.90. The Balaban J connectivity index is 1.95. The molecule has 1 aromatic carbocycles. The van der Waals surface area contributed by atoms with Gasteiger partial charge in [0, 0.05) is 12.0 Å². The summed E-state index contributed by atoms with van der Waals surface area (Å²) in [7, 11) is 0. The highest BCUT2D eigenvalue weighted by atomic mass is 16.7. The van der Waals surface area contributed by atoms with E-state index in [1.807, 2.05) is 25.1 Å². The number of hydroxylamine groups is 1. The molecular formula is C18H23NO3. The number of carbonyl (C=O) groups excluding carboxylic acids is 2. The van der Waals surface area contributed by atoms with Gasteiger partial charge in [-0.25, -0.2) is 0 Å². The molecule has 1 heterocycles. The Morgan fingerprint density at radius 1 is 1.18 bits per heavy atom. The van der Waals surface area contributed by atoms with Crippen LogP contribution in [0.4, 0.5) is 0 Å². The summed E-state index contributed by atoms with van der Waals surface area (Å²) in [5, 5.41) is 0. The van der Waals surface area contributed by atoms with Crippen LogP contribution in [0, 0.1) is 6.92 Å². The number of carbonyl (C=O) groups is 2. The Labute approximate surface area is 131 Å². The van der Waals surface area contributed by atoms with E-state index >= 15 is 0 Å². The van der Waals surface area contributed by atoms with Gasteiger partial charge in [-0.1, -0.05) is 50.5 Å². The first-order chi connectivity index (χ1) is 10.6. The van der Waals surface area contributed by atoms with E-state index in [9.17, 15) is 9.59 Å². The summed E-state index contributed by atoms with van der Waals surface area (Å²) >= 11 is 0. The number of allylic oxidation sites excluding steroid dienone is 1. The highest BCUT2D eigenvalue weighted by Gasteiger charge is 2.27. The SMILES string of the molecule is CCCCCCC(=O)C1C=C(C(=O)c2ccccc2C)NO1. The minimum atomic E-state index is -0.649. The van der Waals surface area contributed by atoms with E-state index in [0.29, 0.717) is 17.7 Å². The third kappa shape index (κ3) is 4.04. The standard InChI is InChI=1S/C18H23NO3/c1-3-4-5-6-11-16(20)17-12-15(19-22-17)18(21)14-10-8-7-9-13(14)2/h7-10,12,17,19H,3-6,11H2,1-2H3. The van der Waals surface area contributed by atoms with Gasteiger partial charge in [0.25, 0.3) is 0 Å². The van der Waals surface area contributed by atoms with Crippen LogP contribution in [0.15, 0.2) is 36.0 Å². The van der Waals surface area contributed by atoms with Gasteiger partial charge in [0.05, 0.1) is 0 Å². The number of hydrogen-bond acceptors (Lipinski definition) is 4. The van der Waals surface area contributed by atoms with Crippen LogP contribution < -0.4 is 5.48 Å².